The number of carbonyl (C=O) groups is 2. The first-order valence-electron chi connectivity index (χ1n) is 8.28. The van der Waals surface area contributed by atoms with Crippen LogP contribution in [0.1, 0.15) is 48.2 Å². The van der Waals surface area contributed by atoms with Crippen LogP contribution in [0.2, 0.25) is 0 Å². The van der Waals surface area contributed by atoms with E-state index in [2.05, 4.69) is 0 Å². The maximum absolute atomic E-state index is 12.5. The molecule has 0 bridgehead atoms. The summed E-state index contributed by atoms with van der Waals surface area (Å²) in [6.45, 7) is 0.442. The second kappa shape index (κ2) is 5.07. The number of pyridine rings is 1. The summed E-state index contributed by atoms with van der Waals surface area (Å²) < 4.78 is 0. The number of primary amides is 1. The predicted molar refractivity (Wildman–Crippen MR) is 82.6 cm³/mol. The largest absolute Gasteiger partial charge is 0.369 e. The first-order chi connectivity index (χ1) is 10.6. The third-order valence-corrected chi connectivity index (χ3v) is 5.27. The van der Waals surface area contributed by atoms with Crippen LogP contribution in [0.4, 0.5) is 5.69 Å². The number of fused-ring (bicyclic) bond motifs is 2. The highest BCUT2D eigenvalue weighted by Gasteiger charge is 2.38. The van der Waals surface area contributed by atoms with Gasteiger partial charge in [0, 0.05) is 24.4 Å². The van der Waals surface area contributed by atoms with Gasteiger partial charge in [-0.1, -0.05) is 0 Å². The van der Waals surface area contributed by atoms with Gasteiger partial charge in [-0.05, 0) is 56.1 Å². The van der Waals surface area contributed by atoms with E-state index in [4.69, 9.17) is 10.7 Å². The number of rotatable bonds is 2. The summed E-state index contributed by atoms with van der Waals surface area (Å²) in [4.78, 5) is 30.7. The number of anilines is 1. The number of nitrogens with two attached hydrogens (primary N) is 1. The Labute approximate surface area is 129 Å². The van der Waals surface area contributed by atoms with Gasteiger partial charge in [0.05, 0.1) is 11.6 Å². The maximum atomic E-state index is 12.5. The number of hydrogen-bond acceptors (Lipinski definition) is 3. The fraction of sp³-hybridized carbons (Fsp3) is 0.588. The molecule has 1 aromatic rings. The molecule has 2 heterocycles. The van der Waals surface area contributed by atoms with E-state index in [-0.39, 0.29) is 24.2 Å². The molecule has 0 aromatic carbocycles. The molecule has 1 unspecified atom stereocenters. The summed E-state index contributed by atoms with van der Waals surface area (Å²) in [6, 6.07) is 0. The van der Waals surface area contributed by atoms with Crippen molar-refractivity contribution in [2.75, 3.05) is 11.4 Å². The normalized spacial score (nSPS) is 23.5. The molecule has 1 aromatic heterocycles. The van der Waals surface area contributed by atoms with E-state index in [9.17, 15) is 9.59 Å². The first kappa shape index (κ1) is 13.7. The quantitative estimate of drug-likeness (QED) is 0.894. The highest BCUT2D eigenvalue weighted by molar-refractivity contribution is 6.01. The van der Waals surface area contributed by atoms with Crippen molar-refractivity contribution in [3.05, 3.63) is 22.5 Å². The predicted octanol–water partition coefficient (Wildman–Crippen LogP) is 1.29. The Morgan fingerprint density at radius 1 is 1.05 bits per heavy atom. The van der Waals surface area contributed by atoms with E-state index in [1.165, 1.54) is 28.9 Å². The van der Waals surface area contributed by atoms with Crippen LogP contribution in [0.5, 0.6) is 0 Å². The third-order valence-electron chi connectivity index (χ3n) is 5.27. The topological polar surface area (TPSA) is 76.3 Å². The summed E-state index contributed by atoms with van der Waals surface area (Å²) in [5, 5.41) is 0. The van der Waals surface area contributed by atoms with E-state index in [0.717, 1.165) is 44.2 Å². The molecule has 0 spiro atoms. The number of nitrogens with zero attached hydrogens (tertiary/aromatic N) is 2. The van der Waals surface area contributed by atoms with Crippen LogP contribution in [-0.4, -0.2) is 23.3 Å². The van der Waals surface area contributed by atoms with Crippen molar-refractivity contribution < 1.29 is 9.59 Å². The van der Waals surface area contributed by atoms with Crippen molar-refractivity contribution in [1.29, 1.82) is 0 Å². The SMILES string of the molecule is NC(=O)C1CC(=O)N(c2c3c(nc4c2CCC4)CCCC3)C1. The lowest BCUT2D eigenvalue weighted by atomic mass is 9.91. The van der Waals surface area contributed by atoms with E-state index < -0.39 is 0 Å². The Balaban J connectivity index is 1.82. The Bertz CT molecular complexity index is 668. The van der Waals surface area contributed by atoms with Gasteiger partial charge in [-0.15, -0.1) is 0 Å². The van der Waals surface area contributed by atoms with E-state index in [1.807, 2.05) is 4.90 Å². The van der Waals surface area contributed by atoms with Crippen LogP contribution in [0.25, 0.3) is 0 Å². The number of amides is 2. The summed E-state index contributed by atoms with van der Waals surface area (Å²) in [7, 11) is 0. The molecule has 3 aliphatic rings. The molecule has 2 N–H and O–H groups in total. The molecule has 4 rings (SSSR count). The minimum atomic E-state index is -0.365. The summed E-state index contributed by atoms with van der Waals surface area (Å²) in [5.41, 5.74) is 11.4. The Morgan fingerprint density at radius 2 is 1.68 bits per heavy atom. The van der Waals surface area contributed by atoms with Gasteiger partial charge in [-0.3, -0.25) is 14.6 Å². The number of aromatic nitrogens is 1. The Kier molecular flexibility index (Phi) is 3.17. The average Bonchev–Trinajstić information content (AvgIpc) is 3.11. The van der Waals surface area contributed by atoms with Gasteiger partial charge in [-0.2, -0.15) is 0 Å². The van der Waals surface area contributed by atoms with Crippen LogP contribution in [0.3, 0.4) is 0 Å². The van der Waals surface area contributed by atoms with E-state index >= 15 is 0 Å². The zero-order chi connectivity index (χ0) is 15.3. The lowest BCUT2D eigenvalue weighted by Crippen LogP contribution is -2.31. The Hall–Kier alpha value is -1.91. The second-order valence-corrected chi connectivity index (χ2v) is 6.68. The summed E-state index contributed by atoms with van der Waals surface area (Å²) >= 11 is 0. The number of carbonyl (C=O) groups excluding carboxylic acids is 2. The van der Waals surface area contributed by atoms with Crippen molar-refractivity contribution in [3.63, 3.8) is 0 Å². The molecule has 0 radical (unpaired) electrons. The van der Waals surface area contributed by atoms with Gasteiger partial charge in [-0.25, -0.2) is 0 Å². The first-order valence-corrected chi connectivity index (χ1v) is 8.28. The molecule has 1 fully saturated rings. The molecule has 2 amide bonds. The van der Waals surface area contributed by atoms with Crippen LogP contribution in [0.15, 0.2) is 0 Å². The van der Waals surface area contributed by atoms with Gasteiger partial charge in [0.2, 0.25) is 11.8 Å². The lowest BCUT2D eigenvalue weighted by Gasteiger charge is -2.27. The monoisotopic (exact) mass is 299 g/mol. The zero-order valence-electron chi connectivity index (χ0n) is 12.7. The van der Waals surface area contributed by atoms with E-state index in [0.29, 0.717) is 6.54 Å². The molecule has 1 atom stereocenters. The third kappa shape index (κ3) is 2.02. The smallest absolute Gasteiger partial charge is 0.227 e. The molecule has 1 saturated heterocycles. The van der Waals surface area contributed by atoms with Crippen molar-refractivity contribution >= 4 is 17.5 Å². The zero-order valence-corrected chi connectivity index (χ0v) is 12.7. The van der Waals surface area contributed by atoms with Crippen molar-refractivity contribution in [1.82, 2.24) is 4.98 Å². The maximum Gasteiger partial charge on any atom is 0.227 e. The minimum Gasteiger partial charge on any atom is -0.369 e. The molecule has 1 aliphatic heterocycles. The highest BCUT2D eigenvalue weighted by Crippen LogP contribution is 2.40. The molecular weight excluding hydrogens is 278 g/mol. The second-order valence-electron chi connectivity index (χ2n) is 6.68. The molecule has 5 heteroatoms. The van der Waals surface area contributed by atoms with Crippen LogP contribution in [-0.2, 0) is 35.3 Å². The van der Waals surface area contributed by atoms with Gasteiger partial charge < -0.3 is 10.6 Å². The molecule has 22 heavy (non-hydrogen) atoms. The van der Waals surface area contributed by atoms with Gasteiger partial charge in [0.1, 0.15) is 0 Å². The minimum absolute atomic E-state index is 0.0388. The molecule has 0 saturated carbocycles. The van der Waals surface area contributed by atoms with E-state index in [1.54, 1.807) is 0 Å². The molecule has 116 valence electrons. The fourth-order valence-corrected chi connectivity index (χ4v) is 4.16. The molecular formula is C17H21N3O2. The van der Waals surface area contributed by atoms with Crippen LogP contribution in [0, 0.1) is 5.92 Å². The fourth-order valence-electron chi connectivity index (χ4n) is 4.16. The summed E-state index contributed by atoms with van der Waals surface area (Å²) in [5.74, 6) is -0.677. The highest BCUT2D eigenvalue weighted by atomic mass is 16.2. The van der Waals surface area contributed by atoms with Crippen molar-refractivity contribution in [2.24, 2.45) is 11.7 Å². The average molecular weight is 299 g/mol. The van der Waals surface area contributed by atoms with Crippen molar-refractivity contribution in [3.8, 4) is 0 Å². The van der Waals surface area contributed by atoms with Gasteiger partial charge >= 0.3 is 0 Å². The Morgan fingerprint density at radius 3 is 2.36 bits per heavy atom. The van der Waals surface area contributed by atoms with Gasteiger partial charge in [0.15, 0.2) is 0 Å². The van der Waals surface area contributed by atoms with Gasteiger partial charge in [0.25, 0.3) is 0 Å². The van der Waals surface area contributed by atoms with Crippen LogP contribution < -0.4 is 10.6 Å². The summed E-state index contributed by atoms with van der Waals surface area (Å²) in [6.07, 6.45) is 7.71. The number of aryl methyl sites for hydroxylation is 2. The van der Waals surface area contributed by atoms with Crippen LogP contribution >= 0.6 is 0 Å². The molecule has 2 aliphatic carbocycles. The van der Waals surface area contributed by atoms with Crippen molar-refractivity contribution in [2.45, 2.75) is 51.4 Å². The lowest BCUT2D eigenvalue weighted by molar-refractivity contribution is -0.123. The molecule has 5 nitrogen and oxygen atoms in total. The standard InChI is InChI=1S/C17H21N3O2/c18-17(22)10-8-15(21)20(9-10)16-11-4-1-2-6-13(11)19-14-7-3-5-12(14)16/h10H,1-9H2,(H2,18,22). The number of hydrogen-bond donors (Lipinski definition) is 1.